The molecule has 2 saturated heterocycles. The minimum atomic E-state index is 0.166. The molecule has 0 N–H and O–H groups in total. The van der Waals surface area contributed by atoms with Crippen molar-refractivity contribution in [1.29, 1.82) is 0 Å². The Morgan fingerprint density at radius 2 is 2.30 bits per heavy atom. The minimum absolute atomic E-state index is 0.166. The number of thioether (sulfide) groups is 1. The lowest BCUT2D eigenvalue weighted by Crippen LogP contribution is -2.60. The highest BCUT2D eigenvalue weighted by Crippen LogP contribution is 2.46. The van der Waals surface area contributed by atoms with Crippen molar-refractivity contribution >= 4 is 17.7 Å². The number of benzene rings is 1. The molecule has 20 heavy (non-hydrogen) atoms. The van der Waals surface area contributed by atoms with Crippen molar-refractivity contribution < 1.29 is 9.53 Å². The minimum Gasteiger partial charge on any atom is -0.378 e. The first-order valence-electron chi connectivity index (χ1n) is 7.23. The van der Waals surface area contributed by atoms with Crippen molar-refractivity contribution in [2.75, 3.05) is 25.4 Å². The van der Waals surface area contributed by atoms with E-state index in [1.807, 2.05) is 54.8 Å². The van der Waals surface area contributed by atoms with Crippen LogP contribution in [0.5, 0.6) is 0 Å². The van der Waals surface area contributed by atoms with Crippen molar-refractivity contribution in [2.24, 2.45) is 0 Å². The smallest absolute Gasteiger partial charge is 0.253 e. The molecule has 3 rings (SSSR count). The van der Waals surface area contributed by atoms with Crippen LogP contribution >= 0.6 is 11.8 Å². The molecule has 0 aliphatic carbocycles. The van der Waals surface area contributed by atoms with E-state index in [1.54, 1.807) is 0 Å². The van der Waals surface area contributed by atoms with Crippen LogP contribution in [0.1, 0.15) is 29.3 Å². The summed E-state index contributed by atoms with van der Waals surface area (Å²) in [4.78, 5) is 14.4. The second kappa shape index (κ2) is 5.41. The topological polar surface area (TPSA) is 29.5 Å². The van der Waals surface area contributed by atoms with Gasteiger partial charge in [-0.2, -0.15) is 0 Å². The Hall–Kier alpha value is -1.00. The van der Waals surface area contributed by atoms with Gasteiger partial charge in [0.25, 0.3) is 5.91 Å². The van der Waals surface area contributed by atoms with Crippen molar-refractivity contribution in [1.82, 2.24) is 4.90 Å². The summed E-state index contributed by atoms with van der Waals surface area (Å²) in [7, 11) is 0. The van der Waals surface area contributed by atoms with Crippen molar-refractivity contribution in [3.8, 4) is 0 Å². The summed E-state index contributed by atoms with van der Waals surface area (Å²) in [6, 6.07) is 7.85. The Morgan fingerprint density at radius 3 is 3.00 bits per heavy atom. The lowest BCUT2D eigenvalue weighted by Gasteiger charge is -2.47. The van der Waals surface area contributed by atoms with Gasteiger partial charge in [-0.3, -0.25) is 4.79 Å². The standard InChI is InChI=1S/C16H21NO2S/c1-3-19-14-8-16(20-9-14)10-17(11-16)15(18)13-6-4-5-12(2)7-13/h4-7,14H,3,8-11H2,1-2H3/t14-/m0/s1. The Morgan fingerprint density at radius 1 is 1.50 bits per heavy atom. The van der Waals surface area contributed by atoms with Crippen LogP contribution in [0.2, 0.25) is 0 Å². The molecule has 0 radical (unpaired) electrons. The Bertz CT molecular complexity index is 511. The molecule has 1 aromatic carbocycles. The summed E-state index contributed by atoms with van der Waals surface area (Å²) >= 11 is 1.98. The van der Waals surface area contributed by atoms with Gasteiger partial charge in [-0.1, -0.05) is 17.7 Å². The predicted molar refractivity (Wildman–Crippen MR) is 82.3 cm³/mol. The van der Waals surface area contributed by atoms with E-state index in [0.29, 0.717) is 6.10 Å². The molecule has 0 unspecified atom stereocenters. The fraction of sp³-hybridized carbons (Fsp3) is 0.562. The van der Waals surface area contributed by atoms with E-state index in [1.165, 1.54) is 0 Å². The highest BCUT2D eigenvalue weighted by Gasteiger charge is 2.50. The number of hydrogen-bond acceptors (Lipinski definition) is 3. The highest BCUT2D eigenvalue weighted by atomic mass is 32.2. The van der Waals surface area contributed by atoms with Crippen molar-refractivity contribution in [3.63, 3.8) is 0 Å². The number of aryl methyl sites for hydroxylation is 1. The molecular weight excluding hydrogens is 270 g/mol. The number of ether oxygens (including phenoxy) is 1. The van der Waals surface area contributed by atoms with Crippen LogP contribution in [0.4, 0.5) is 0 Å². The fourth-order valence-corrected chi connectivity index (χ4v) is 4.67. The van der Waals surface area contributed by atoms with Crippen LogP contribution in [-0.4, -0.2) is 47.1 Å². The van der Waals surface area contributed by atoms with Gasteiger partial charge >= 0.3 is 0 Å². The van der Waals surface area contributed by atoms with Gasteiger partial charge in [0.15, 0.2) is 0 Å². The normalized spacial score (nSPS) is 23.9. The van der Waals surface area contributed by atoms with Crippen LogP contribution in [0.3, 0.4) is 0 Å². The van der Waals surface area contributed by atoms with Gasteiger partial charge in [-0.05, 0) is 32.4 Å². The maximum atomic E-state index is 12.4. The first kappa shape index (κ1) is 14.0. The number of hydrogen-bond donors (Lipinski definition) is 0. The van der Waals surface area contributed by atoms with E-state index in [-0.39, 0.29) is 10.7 Å². The molecule has 4 heteroatoms. The molecule has 108 valence electrons. The van der Waals surface area contributed by atoms with Gasteiger partial charge in [0, 0.05) is 31.0 Å². The first-order chi connectivity index (χ1) is 9.62. The average Bonchev–Trinajstić information content (AvgIpc) is 2.81. The van der Waals surface area contributed by atoms with E-state index in [4.69, 9.17) is 4.74 Å². The zero-order valence-electron chi connectivity index (χ0n) is 12.1. The molecule has 0 aromatic heterocycles. The molecular formula is C16H21NO2S. The largest absolute Gasteiger partial charge is 0.378 e. The van der Waals surface area contributed by atoms with Crippen molar-refractivity contribution in [2.45, 2.75) is 31.1 Å². The van der Waals surface area contributed by atoms with Crippen LogP contribution in [0.25, 0.3) is 0 Å². The quantitative estimate of drug-likeness (QED) is 0.857. The second-order valence-corrected chi connectivity index (χ2v) is 7.29. The molecule has 3 nitrogen and oxygen atoms in total. The summed E-state index contributed by atoms with van der Waals surface area (Å²) in [5.74, 6) is 1.24. The lowest BCUT2D eigenvalue weighted by molar-refractivity contribution is 0.0359. The molecule has 1 aromatic rings. The van der Waals surface area contributed by atoms with Crippen LogP contribution in [-0.2, 0) is 4.74 Å². The highest BCUT2D eigenvalue weighted by molar-refractivity contribution is 8.01. The van der Waals surface area contributed by atoms with Gasteiger partial charge < -0.3 is 9.64 Å². The fourth-order valence-electron chi connectivity index (χ4n) is 3.12. The van der Waals surface area contributed by atoms with E-state index in [2.05, 4.69) is 0 Å². The zero-order valence-corrected chi connectivity index (χ0v) is 12.9. The van der Waals surface area contributed by atoms with E-state index in [0.717, 1.165) is 43.0 Å². The number of amides is 1. The van der Waals surface area contributed by atoms with Gasteiger partial charge in [0.2, 0.25) is 0 Å². The Balaban J connectivity index is 1.59. The monoisotopic (exact) mass is 291 g/mol. The predicted octanol–water partition coefficient (Wildman–Crippen LogP) is 2.73. The SMILES string of the molecule is CCO[C@@H]1CSC2(C1)CN(C(=O)c1cccc(C)c1)C2. The van der Waals surface area contributed by atoms with E-state index >= 15 is 0 Å². The third-order valence-corrected chi connectivity index (χ3v) is 5.66. The summed E-state index contributed by atoms with van der Waals surface area (Å²) < 4.78 is 5.97. The summed E-state index contributed by atoms with van der Waals surface area (Å²) in [5.41, 5.74) is 1.95. The van der Waals surface area contributed by atoms with Gasteiger partial charge in [-0.15, -0.1) is 11.8 Å². The molecule has 1 atom stereocenters. The molecule has 2 fully saturated rings. The van der Waals surface area contributed by atoms with Crippen LogP contribution < -0.4 is 0 Å². The molecule has 1 spiro atoms. The van der Waals surface area contributed by atoms with Gasteiger partial charge in [-0.25, -0.2) is 0 Å². The van der Waals surface area contributed by atoms with Crippen LogP contribution in [0.15, 0.2) is 24.3 Å². The molecule has 1 amide bonds. The lowest BCUT2D eigenvalue weighted by atomic mass is 9.92. The Labute approximate surface area is 124 Å². The number of carbonyl (C=O) groups excluding carboxylic acids is 1. The average molecular weight is 291 g/mol. The maximum absolute atomic E-state index is 12.4. The summed E-state index contributed by atoms with van der Waals surface area (Å²) in [6.07, 6.45) is 1.46. The third kappa shape index (κ3) is 2.59. The maximum Gasteiger partial charge on any atom is 0.253 e. The second-order valence-electron chi connectivity index (χ2n) is 5.81. The summed E-state index contributed by atoms with van der Waals surface area (Å²) in [6.45, 7) is 6.59. The van der Waals surface area contributed by atoms with Gasteiger partial charge in [0.05, 0.1) is 10.9 Å². The Kier molecular flexibility index (Phi) is 3.78. The van der Waals surface area contributed by atoms with E-state index in [9.17, 15) is 4.79 Å². The van der Waals surface area contributed by atoms with Gasteiger partial charge in [0.1, 0.15) is 0 Å². The van der Waals surface area contributed by atoms with Crippen molar-refractivity contribution in [3.05, 3.63) is 35.4 Å². The number of nitrogens with zero attached hydrogens (tertiary/aromatic N) is 1. The third-order valence-electron chi connectivity index (χ3n) is 4.09. The zero-order chi connectivity index (χ0) is 14.2. The number of carbonyl (C=O) groups is 1. The molecule has 2 heterocycles. The molecule has 2 aliphatic rings. The molecule has 0 bridgehead atoms. The summed E-state index contributed by atoms with van der Waals surface area (Å²) in [5, 5.41) is 0. The molecule has 0 saturated carbocycles. The first-order valence-corrected chi connectivity index (χ1v) is 8.22. The molecule has 2 aliphatic heterocycles. The van der Waals surface area contributed by atoms with E-state index < -0.39 is 0 Å². The van der Waals surface area contributed by atoms with Crippen LogP contribution in [0, 0.1) is 6.92 Å². The number of likely N-dealkylation sites (tertiary alicyclic amines) is 1. The number of rotatable bonds is 3.